The van der Waals surface area contributed by atoms with Gasteiger partial charge in [-0.1, -0.05) is 6.07 Å². The number of nitrogens with zero attached hydrogens (tertiary/aromatic N) is 3. The van der Waals surface area contributed by atoms with Crippen molar-refractivity contribution in [2.75, 3.05) is 19.5 Å². The molecule has 0 saturated carbocycles. The molecule has 3 aromatic carbocycles. The predicted molar refractivity (Wildman–Crippen MR) is 124 cm³/mol. The fourth-order valence-electron chi connectivity index (χ4n) is 3.24. The van der Waals surface area contributed by atoms with E-state index in [1.807, 2.05) is 0 Å². The van der Waals surface area contributed by atoms with Crippen LogP contribution >= 0.6 is 0 Å². The van der Waals surface area contributed by atoms with Crippen molar-refractivity contribution in [2.24, 2.45) is 0 Å². The van der Waals surface area contributed by atoms with Crippen LogP contribution in [-0.2, 0) is 6.42 Å². The third-order valence-corrected chi connectivity index (χ3v) is 5.00. The second kappa shape index (κ2) is 9.41. The molecule has 10 nitrogen and oxygen atoms in total. The van der Waals surface area contributed by atoms with Crippen LogP contribution in [0.15, 0.2) is 54.6 Å². The summed E-state index contributed by atoms with van der Waals surface area (Å²) < 4.78 is 10.2. The number of anilines is 2. The maximum atomic E-state index is 10.4. The van der Waals surface area contributed by atoms with Gasteiger partial charge in [-0.15, -0.1) is 0 Å². The molecule has 4 rings (SSSR count). The molecular weight excluding hydrogens is 440 g/mol. The Balaban J connectivity index is 1.76. The Morgan fingerprint density at radius 2 is 1.44 bits per heavy atom. The highest BCUT2D eigenvalue weighted by Crippen LogP contribution is 2.33. The molecule has 10 heteroatoms. The van der Waals surface area contributed by atoms with Gasteiger partial charge >= 0.3 is 0 Å². The molecule has 0 bridgehead atoms. The van der Waals surface area contributed by atoms with E-state index in [1.165, 1.54) is 44.6 Å². The maximum absolute atomic E-state index is 10.4. The Morgan fingerprint density at radius 1 is 0.735 bits per heavy atom. The maximum Gasteiger partial charge on any atom is 0.231 e. The molecular formula is C24H22N4O6. The van der Waals surface area contributed by atoms with E-state index < -0.39 is 0 Å². The van der Waals surface area contributed by atoms with Crippen molar-refractivity contribution < 1.29 is 29.9 Å². The summed E-state index contributed by atoms with van der Waals surface area (Å²) in [6, 6.07) is 13.6. The number of phenols is 4. The van der Waals surface area contributed by atoms with E-state index in [1.54, 1.807) is 24.3 Å². The van der Waals surface area contributed by atoms with E-state index in [9.17, 15) is 20.4 Å². The van der Waals surface area contributed by atoms with Crippen molar-refractivity contribution in [3.8, 4) is 45.9 Å². The third kappa shape index (κ3) is 4.85. The van der Waals surface area contributed by atoms with E-state index in [-0.39, 0.29) is 52.6 Å². The van der Waals surface area contributed by atoms with Gasteiger partial charge in [0.2, 0.25) is 5.95 Å². The van der Waals surface area contributed by atoms with Crippen LogP contribution in [0.1, 0.15) is 11.4 Å². The van der Waals surface area contributed by atoms with Crippen LogP contribution < -0.4 is 14.8 Å². The lowest BCUT2D eigenvalue weighted by Crippen LogP contribution is -2.06. The van der Waals surface area contributed by atoms with Crippen LogP contribution in [0.4, 0.5) is 11.6 Å². The topological polar surface area (TPSA) is 150 Å². The quantitative estimate of drug-likeness (QED) is 0.257. The van der Waals surface area contributed by atoms with Gasteiger partial charge in [0.25, 0.3) is 0 Å². The van der Waals surface area contributed by atoms with Gasteiger partial charge < -0.3 is 35.2 Å². The van der Waals surface area contributed by atoms with Crippen molar-refractivity contribution in [1.82, 2.24) is 15.0 Å². The van der Waals surface area contributed by atoms with Gasteiger partial charge in [0.15, 0.2) is 5.82 Å². The molecule has 34 heavy (non-hydrogen) atoms. The molecule has 0 aliphatic heterocycles. The molecule has 0 atom stereocenters. The Morgan fingerprint density at radius 3 is 2.09 bits per heavy atom. The minimum Gasteiger partial charge on any atom is -0.508 e. The van der Waals surface area contributed by atoms with Crippen LogP contribution in [0.3, 0.4) is 0 Å². The zero-order valence-electron chi connectivity index (χ0n) is 18.4. The smallest absolute Gasteiger partial charge is 0.231 e. The molecule has 1 aromatic heterocycles. The molecule has 0 radical (unpaired) electrons. The van der Waals surface area contributed by atoms with Crippen molar-refractivity contribution in [1.29, 1.82) is 0 Å². The van der Waals surface area contributed by atoms with Crippen LogP contribution in [0.5, 0.6) is 34.5 Å². The average molecular weight is 462 g/mol. The number of phenolic OH excluding ortho intramolecular Hbond substituents is 4. The van der Waals surface area contributed by atoms with Crippen molar-refractivity contribution in [3.05, 3.63) is 66.0 Å². The van der Waals surface area contributed by atoms with Crippen molar-refractivity contribution in [3.63, 3.8) is 0 Å². The average Bonchev–Trinajstić information content (AvgIpc) is 2.81. The number of hydrogen-bond donors (Lipinski definition) is 5. The van der Waals surface area contributed by atoms with Gasteiger partial charge in [-0.2, -0.15) is 9.97 Å². The molecule has 0 saturated heterocycles. The third-order valence-electron chi connectivity index (χ3n) is 5.00. The van der Waals surface area contributed by atoms with E-state index in [0.29, 0.717) is 22.7 Å². The first-order chi connectivity index (χ1) is 16.4. The first-order valence-electron chi connectivity index (χ1n) is 10.1. The molecule has 4 aromatic rings. The lowest BCUT2D eigenvalue weighted by Gasteiger charge is -2.12. The van der Waals surface area contributed by atoms with Gasteiger partial charge in [0.05, 0.1) is 25.5 Å². The van der Waals surface area contributed by atoms with E-state index >= 15 is 0 Å². The summed E-state index contributed by atoms with van der Waals surface area (Å²) in [5, 5.41) is 43.6. The van der Waals surface area contributed by atoms with Crippen LogP contribution in [-0.4, -0.2) is 49.6 Å². The number of ether oxygens (including phenoxy) is 2. The molecule has 174 valence electrons. The number of rotatable bonds is 7. The Labute approximate surface area is 194 Å². The zero-order chi connectivity index (χ0) is 24.2. The highest BCUT2D eigenvalue weighted by Gasteiger charge is 2.16. The predicted octanol–water partition coefficient (Wildman–Crippen LogP) is 3.71. The van der Waals surface area contributed by atoms with Crippen molar-refractivity contribution >= 4 is 11.6 Å². The number of nitrogens with one attached hydrogen (secondary N) is 1. The second-order valence-corrected chi connectivity index (χ2v) is 7.28. The largest absolute Gasteiger partial charge is 0.508 e. The van der Waals surface area contributed by atoms with Crippen LogP contribution in [0, 0.1) is 0 Å². The van der Waals surface area contributed by atoms with Gasteiger partial charge in [-0.05, 0) is 30.3 Å². The number of methoxy groups -OCH3 is 2. The summed E-state index contributed by atoms with van der Waals surface area (Å²) in [5.41, 5.74) is 1.14. The Kier molecular flexibility index (Phi) is 6.22. The fourth-order valence-corrected chi connectivity index (χ4v) is 3.24. The number of hydrogen-bond acceptors (Lipinski definition) is 10. The standard InChI is InChI=1S/C24H22N4O6/c1-33-15-5-3-13(19(30)11-15)9-22-26-23(17-7-4-14(29)10-20(17)31)28-24(27-22)25-18-8-6-16(34-2)12-21(18)32/h3-8,10-12,29-32H,9H2,1-2H3,(H,25,26,27,28). The molecule has 1 heterocycles. The minimum absolute atomic E-state index is 0.0103. The number of benzene rings is 3. The van der Waals surface area contributed by atoms with Gasteiger partial charge in [-0.3, -0.25) is 0 Å². The fraction of sp³-hybridized carbons (Fsp3) is 0.125. The lowest BCUT2D eigenvalue weighted by molar-refractivity contribution is 0.406. The summed E-state index contributed by atoms with van der Waals surface area (Å²) in [6.45, 7) is 0. The van der Waals surface area contributed by atoms with Gasteiger partial charge in [0, 0.05) is 30.2 Å². The zero-order valence-corrected chi connectivity index (χ0v) is 18.4. The van der Waals surface area contributed by atoms with Gasteiger partial charge in [-0.25, -0.2) is 4.98 Å². The van der Waals surface area contributed by atoms with E-state index in [0.717, 1.165) is 0 Å². The second-order valence-electron chi connectivity index (χ2n) is 7.28. The molecule has 0 aliphatic carbocycles. The van der Waals surface area contributed by atoms with E-state index in [2.05, 4.69) is 20.3 Å². The first kappa shape index (κ1) is 22.5. The molecule has 0 fully saturated rings. The summed E-state index contributed by atoms with van der Waals surface area (Å²) in [7, 11) is 2.99. The summed E-state index contributed by atoms with van der Waals surface area (Å²) in [5.74, 6) is 1.09. The molecule has 0 unspecified atom stereocenters. The number of aromatic nitrogens is 3. The van der Waals surface area contributed by atoms with Crippen molar-refractivity contribution in [2.45, 2.75) is 6.42 Å². The normalized spacial score (nSPS) is 10.6. The molecule has 0 amide bonds. The molecule has 5 N–H and O–H groups in total. The number of aromatic hydroxyl groups is 4. The first-order valence-corrected chi connectivity index (χ1v) is 10.1. The van der Waals surface area contributed by atoms with Gasteiger partial charge in [0.1, 0.15) is 40.3 Å². The SMILES string of the molecule is COc1ccc(Cc2nc(Nc3ccc(OC)cc3O)nc(-c3ccc(O)cc3O)n2)c(O)c1. The Hall–Kier alpha value is -4.73. The summed E-state index contributed by atoms with van der Waals surface area (Å²) >= 11 is 0. The lowest BCUT2D eigenvalue weighted by atomic mass is 10.1. The Bertz CT molecular complexity index is 1270. The molecule has 0 aliphatic rings. The highest BCUT2D eigenvalue weighted by molar-refractivity contribution is 5.68. The van der Waals surface area contributed by atoms with Crippen LogP contribution in [0.25, 0.3) is 11.4 Å². The minimum atomic E-state index is -0.220. The summed E-state index contributed by atoms with van der Waals surface area (Å²) in [6.07, 6.45) is 0.146. The molecule has 0 spiro atoms. The van der Waals surface area contributed by atoms with E-state index in [4.69, 9.17) is 9.47 Å². The highest BCUT2D eigenvalue weighted by atomic mass is 16.5. The summed E-state index contributed by atoms with van der Waals surface area (Å²) in [4.78, 5) is 13.2. The van der Waals surface area contributed by atoms with Crippen LogP contribution in [0.2, 0.25) is 0 Å². The monoisotopic (exact) mass is 462 g/mol.